The molecule has 2 aromatic carbocycles. The van der Waals surface area contributed by atoms with Crippen LogP contribution in [-0.4, -0.2) is 31.4 Å². The van der Waals surface area contributed by atoms with E-state index >= 15 is 0 Å². The molecule has 0 aliphatic heterocycles. The minimum atomic E-state index is 1.45. The van der Waals surface area contributed by atoms with Crippen molar-refractivity contribution in [1.29, 1.82) is 0 Å². The predicted molar refractivity (Wildman–Crippen MR) is 95.6 cm³/mol. The third-order valence-corrected chi connectivity index (χ3v) is 5.12. The second-order valence-corrected chi connectivity index (χ2v) is 5.75. The van der Waals surface area contributed by atoms with Gasteiger partial charge in [0.2, 0.25) is 0 Å². The van der Waals surface area contributed by atoms with Gasteiger partial charge in [0.15, 0.2) is 0 Å². The minimum absolute atomic E-state index is 1.45. The zero-order valence-corrected chi connectivity index (χ0v) is 13.0. The first kappa shape index (κ1) is 13.4. The van der Waals surface area contributed by atoms with Crippen molar-refractivity contribution in [1.82, 2.24) is 0 Å². The van der Waals surface area contributed by atoms with Crippen LogP contribution in [0.2, 0.25) is 0 Å². The van der Waals surface area contributed by atoms with Crippen LogP contribution in [-0.2, 0) is 0 Å². The van der Waals surface area contributed by atoms with Gasteiger partial charge in [-0.15, -0.1) is 0 Å². The van der Waals surface area contributed by atoms with E-state index in [-0.39, 0.29) is 0 Å². The van der Waals surface area contributed by atoms with Crippen LogP contribution in [0.3, 0.4) is 0 Å². The monoisotopic (exact) mass is 232 g/mol. The molecule has 0 spiro atoms. The van der Waals surface area contributed by atoms with Gasteiger partial charge in [-0.3, -0.25) is 0 Å². The van der Waals surface area contributed by atoms with E-state index < -0.39 is 0 Å². The van der Waals surface area contributed by atoms with E-state index in [0.29, 0.717) is 0 Å². The largest absolute Gasteiger partial charge is 0.139 e. The molecule has 0 radical (unpaired) electrons. The number of benzene rings is 2. The predicted octanol–water partition coefficient (Wildman–Crippen LogP) is -2.89. The Morgan fingerprint density at radius 3 is 1.00 bits per heavy atom. The Morgan fingerprint density at radius 2 is 0.722 bits per heavy atom. The summed E-state index contributed by atoms with van der Waals surface area (Å²) in [7, 11) is 9.04. The summed E-state index contributed by atoms with van der Waals surface area (Å²) in [6.45, 7) is 9.04. The van der Waals surface area contributed by atoms with Crippen molar-refractivity contribution in [2.24, 2.45) is 0 Å². The highest BCUT2D eigenvalue weighted by molar-refractivity contribution is 6.58. The fourth-order valence-electron chi connectivity index (χ4n) is 3.19. The van der Waals surface area contributed by atoms with Gasteiger partial charge in [0.1, 0.15) is 31.4 Å². The summed E-state index contributed by atoms with van der Waals surface area (Å²) in [5.74, 6) is 0. The van der Waals surface area contributed by atoms with E-state index in [1.54, 1.807) is 0 Å². The standard InChI is InChI=1S/C14H20B4/c1-5-7(3)11(15)14(18)10-6(2)8(4)12(16)13(17)9(5)10/h15-18H2,1-4H3. The first-order valence-electron chi connectivity index (χ1n) is 6.75. The molecule has 0 nitrogen and oxygen atoms in total. The lowest BCUT2D eigenvalue weighted by atomic mass is 9.66. The summed E-state index contributed by atoms with van der Waals surface area (Å²) in [5, 5.41) is 2.97. The highest BCUT2D eigenvalue weighted by atomic mass is 14.2. The molecule has 0 N–H and O–H groups in total. The molecule has 4 heteroatoms. The van der Waals surface area contributed by atoms with Gasteiger partial charge in [-0.25, -0.2) is 0 Å². The molecule has 0 amide bonds. The van der Waals surface area contributed by atoms with Crippen LogP contribution in [0.25, 0.3) is 10.8 Å². The first-order chi connectivity index (χ1) is 8.29. The van der Waals surface area contributed by atoms with E-state index in [1.807, 2.05) is 0 Å². The maximum absolute atomic E-state index is 2.27. The van der Waals surface area contributed by atoms with Crippen LogP contribution in [0.15, 0.2) is 0 Å². The van der Waals surface area contributed by atoms with E-state index in [1.165, 1.54) is 54.9 Å². The van der Waals surface area contributed by atoms with Gasteiger partial charge in [-0.2, -0.15) is 0 Å². The van der Waals surface area contributed by atoms with E-state index in [2.05, 4.69) is 59.1 Å². The summed E-state index contributed by atoms with van der Waals surface area (Å²) < 4.78 is 0. The topological polar surface area (TPSA) is 0 Å². The second-order valence-electron chi connectivity index (χ2n) is 5.75. The maximum Gasteiger partial charge on any atom is 0.139 e. The Balaban J connectivity index is 3.22. The lowest BCUT2D eigenvalue weighted by Crippen LogP contribution is -2.37. The van der Waals surface area contributed by atoms with Crippen LogP contribution in [0.1, 0.15) is 22.3 Å². The van der Waals surface area contributed by atoms with Crippen LogP contribution in [0.5, 0.6) is 0 Å². The summed E-state index contributed by atoms with van der Waals surface area (Å²) >= 11 is 0. The normalized spacial score (nSPS) is 11.1. The number of fused-ring (bicyclic) bond motifs is 1. The van der Waals surface area contributed by atoms with Gasteiger partial charge in [0.25, 0.3) is 0 Å². The van der Waals surface area contributed by atoms with Crippen molar-refractivity contribution in [2.75, 3.05) is 0 Å². The van der Waals surface area contributed by atoms with Crippen molar-refractivity contribution < 1.29 is 0 Å². The molecule has 88 valence electrons. The fourth-order valence-corrected chi connectivity index (χ4v) is 3.19. The molecule has 0 unspecified atom stereocenters. The molecule has 0 bridgehead atoms. The molecular formula is C14H20B4. The Bertz CT molecular complexity index is 559. The van der Waals surface area contributed by atoms with Crippen LogP contribution in [0.4, 0.5) is 0 Å². The zero-order chi connectivity index (χ0) is 13.8. The Hall–Kier alpha value is -1.04. The Kier molecular flexibility index (Phi) is 3.17. The van der Waals surface area contributed by atoms with Crippen molar-refractivity contribution in [3.8, 4) is 0 Å². The highest BCUT2D eigenvalue weighted by Gasteiger charge is 2.15. The lowest BCUT2D eigenvalue weighted by molar-refractivity contribution is 1.38. The smallest absolute Gasteiger partial charge is 0.0914 e. The van der Waals surface area contributed by atoms with Gasteiger partial charge < -0.3 is 0 Å². The molecular weight excluding hydrogens is 211 g/mol. The highest BCUT2D eigenvalue weighted by Crippen LogP contribution is 2.20. The number of aryl methyl sites for hydroxylation is 2. The first-order valence-corrected chi connectivity index (χ1v) is 6.75. The number of hydrogen-bond acceptors (Lipinski definition) is 0. The van der Waals surface area contributed by atoms with Gasteiger partial charge in [-0.1, -0.05) is 33.0 Å². The van der Waals surface area contributed by atoms with Crippen LogP contribution < -0.4 is 21.9 Å². The molecule has 0 aliphatic rings. The maximum atomic E-state index is 2.27. The Morgan fingerprint density at radius 1 is 0.444 bits per heavy atom. The van der Waals surface area contributed by atoms with Gasteiger partial charge in [-0.05, 0) is 49.6 Å². The average Bonchev–Trinajstić information content (AvgIpc) is 2.35. The summed E-state index contributed by atoms with van der Waals surface area (Å²) in [6, 6.07) is 0. The molecule has 18 heavy (non-hydrogen) atoms. The summed E-state index contributed by atoms with van der Waals surface area (Å²) in [6.07, 6.45) is 0. The molecule has 0 saturated heterocycles. The quantitative estimate of drug-likeness (QED) is 0.427. The lowest BCUT2D eigenvalue weighted by Gasteiger charge is -2.22. The Labute approximate surface area is 114 Å². The molecule has 2 aromatic rings. The third-order valence-electron chi connectivity index (χ3n) is 5.12. The molecule has 0 heterocycles. The molecule has 0 aromatic heterocycles. The van der Waals surface area contributed by atoms with Crippen molar-refractivity contribution in [3.05, 3.63) is 22.3 Å². The van der Waals surface area contributed by atoms with Crippen molar-refractivity contribution in [2.45, 2.75) is 27.7 Å². The van der Waals surface area contributed by atoms with Crippen LogP contribution in [0, 0.1) is 27.7 Å². The van der Waals surface area contributed by atoms with Gasteiger partial charge >= 0.3 is 0 Å². The zero-order valence-electron chi connectivity index (χ0n) is 13.0. The molecule has 2 rings (SSSR count). The fraction of sp³-hybridized carbons (Fsp3) is 0.286. The van der Waals surface area contributed by atoms with Gasteiger partial charge in [0.05, 0.1) is 0 Å². The number of rotatable bonds is 0. The second kappa shape index (κ2) is 4.26. The summed E-state index contributed by atoms with van der Waals surface area (Å²) in [4.78, 5) is 0. The number of hydrogen-bond donors (Lipinski definition) is 0. The summed E-state index contributed by atoms with van der Waals surface area (Å²) in [5.41, 5.74) is 11.6. The van der Waals surface area contributed by atoms with E-state index in [4.69, 9.17) is 0 Å². The SMILES string of the molecule is Bc1c(C)c(C)c2c(B)c(B)c(C)c(C)c2c1B. The average molecular weight is 232 g/mol. The molecule has 0 fully saturated rings. The molecule has 0 saturated carbocycles. The van der Waals surface area contributed by atoms with E-state index in [0.717, 1.165) is 0 Å². The van der Waals surface area contributed by atoms with Crippen molar-refractivity contribution >= 4 is 64.0 Å². The van der Waals surface area contributed by atoms with Gasteiger partial charge in [0, 0.05) is 0 Å². The molecule has 0 aliphatic carbocycles. The minimum Gasteiger partial charge on any atom is -0.0914 e. The third kappa shape index (κ3) is 1.58. The molecule has 0 atom stereocenters. The van der Waals surface area contributed by atoms with Crippen molar-refractivity contribution in [3.63, 3.8) is 0 Å². The van der Waals surface area contributed by atoms with Crippen LogP contribution >= 0.6 is 0 Å². The van der Waals surface area contributed by atoms with E-state index in [9.17, 15) is 0 Å².